The van der Waals surface area contributed by atoms with E-state index in [4.69, 9.17) is 4.74 Å². The molecule has 0 radical (unpaired) electrons. The Kier molecular flexibility index (Phi) is 6.31. The van der Waals surface area contributed by atoms with Gasteiger partial charge in [0.1, 0.15) is 6.61 Å². The molecular weight excluding hydrogens is 248 g/mol. The van der Waals surface area contributed by atoms with Gasteiger partial charge < -0.3 is 15.4 Å². The summed E-state index contributed by atoms with van der Waals surface area (Å²) in [6.45, 7) is 3.04. The summed E-state index contributed by atoms with van der Waals surface area (Å²) >= 11 is 1.99. The predicted molar refractivity (Wildman–Crippen MR) is 75.0 cm³/mol. The van der Waals surface area contributed by atoms with Gasteiger partial charge in [0.05, 0.1) is 6.10 Å². The third kappa shape index (κ3) is 5.16. The Bertz CT molecular complexity index is 227. The van der Waals surface area contributed by atoms with E-state index in [0.29, 0.717) is 5.25 Å². The average Bonchev–Trinajstić information content (AvgIpc) is 2.45. The molecule has 2 N–H and O–H groups in total. The van der Waals surface area contributed by atoms with E-state index < -0.39 is 0 Å². The van der Waals surface area contributed by atoms with Gasteiger partial charge in [-0.3, -0.25) is 4.79 Å². The van der Waals surface area contributed by atoms with Crippen molar-refractivity contribution in [1.82, 2.24) is 10.6 Å². The molecule has 2 heterocycles. The van der Waals surface area contributed by atoms with Crippen molar-refractivity contribution in [1.29, 1.82) is 0 Å². The van der Waals surface area contributed by atoms with E-state index in [-0.39, 0.29) is 18.6 Å². The number of thioether (sulfide) groups is 1. The topological polar surface area (TPSA) is 50.4 Å². The third-order valence-corrected chi connectivity index (χ3v) is 4.94. The van der Waals surface area contributed by atoms with Gasteiger partial charge in [0.15, 0.2) is 0 Å². The van der Waals surface area contributed by atoms with Crippen molar-refractivity contribution in [2.45, 2.75) is 43.5 Å². The van der Waals surface area contributed by atoms with Crippen molar-refractivity contribution in [3.63, 3.8) is 0 Å². The molecular formula is C13H24N2O2S. The van der Waals surface area contributed by atoms with E-state index >= 15 is 0 Å². The van der Waals surface area contributed by atoms with Crippen LogP contribution in [0.25, 0.3) is 0 Å². The van der Waals surface area contributed by atoms with Crippen molar-refractivity contribution < 1.29 is 9.53 Å². The summed E-state index contributed by atoms with van der Waals surface area (Å²) in [7, 11) is 0. The van der Waals surface area contributed by atoms with Gasteiger partial charge >= 0.3 is 0 Å². The zero-order valence-corrected chi connectivity index (χ0v) is 11.8. The zero-order chi connectivity index (χ0) is 12.6. The van der Waals surface area contributed by atoms with E-state index in [1.54, 1.807) is 0 Å². The SMILES string of the molecule is O=C(COC1CCNCC1)NCC1CCCCS1. The summed E-state index contributed by atoms with van der Waals surface area (Å²) in [5.41, 5.74) is 0. The Hall–Kier alpha value is -0.260. The fourth-order valence-electron chi connectivity index (χ4n) is 2.40. The number of nitrogens with one attached hydrogen (secondary N) is 2. The molecule has 0 aliphatic carbocycles. The quantitative estimate of drug-likeness (QED) is 0.788. The number of amides is 1. The maximum Gasteiger partial charge on any atom is 0.246 e. The van der Waals surface area contributed by atoms with Crippen LogP contribution in [0.1, 0.15) is 32.1 Å². The first-order valence-electron chi connectivity index (χ1n) is 7.05. The molecule has 2 aliphatic heterocycles. The summed E-state index contributed by atoms with van der Waals surface area (Å²) in [5.74, 6) is 1.28. The van der Waals surface area contributed by atoms with Gasteiger partial charge in [0.2, 0.25) is 5.91 Å². The summed E-state index contributed by atoms with van der Waals surface area (Å²) in [6, 6.07) is 0. The second kappa shape index (κ2) is 8.02. The Morgan fingerprint density at radius 2 is 2.11 bits per heavy atom. The van der Waals surface area contributed by atoms with Crippen LogP contribution >= 0.6 is 11.8 Å². The molecule has 1 atom stereocenters. The Morgan fingerprint density at radius 3 is 2.83 bits per heavy atom. The molecule has 0 aromatic heterocycles. The largest absolute Gasteiger partial charge is 0.368 e. The Morgan fingerprint density at radius 1 is 1.28 bits per heavy atom. The van der Waals surface area contributed by atoms with Crippen molar-refractivity contribution in [2.24, 2.45) is 0 Å². The summed E-state index contributed by atoms with van der Waals surface area (Å²) < 4.78 is 5.63. The molecule has 1 unspecified atom stereocenters. The van der Waals surface area contributed by atoms with Crippen LogP contribution in [0.2, 0.25) is 0 Å². The van der Waals surface area contributed by atoms with Gasteiger partial charge in [-0.1, -0.05) is 6.42 Å². The van der Waals surface area contributed by atoms with E-state index in [2.05, 4.69) is 10.6 Å². The number of piperidine rings is 1. The molecule has 18 heavy (non-hydrogen) atoms. The fraction of sp³-hybridized carbons (Fsp3) is 0.923. The Labute approximate surface area is 114 Å². The number of hydrogen-bond donors (Lipinski definition) is 2. The average molecular weight is 272 g/mol. The van der Waals surface area contributed by atoms with Gasteiger partial charge in [-0.2, -0.15) is 11.8 Å². The molecule has 1 amide bonds. The van der Waals surface area contributed by atoms with Crippen LogP contribution in [0.15, 0.2) is 0 Å². The molecule has 5 heteroatoms. The van der Waals surface area contributed by atoms with Gasteiger partial charge in [-0.05, 0) is 44.5 Å². The van der Waals surface area contributed by atoms with E-state index in [0.717, 1.165) is 32.5 Å². The second-order valence-electron chi connectivity index (χ2n) is 5.05. The molecule has 0 aromatic carbocycles. The van der Waals surface area contributed by atoms with Crippen LogP contribution in [0, 0.1) is 0 Å². The lowest BCUT2D eigenvalue weighted by Gasteiger charge is -2.23. The first-order valence-corrected chi connectivity index (χ1v) is 8.10. The lowest BCUT2D eigenvalue weighted by molar-refractivity contribution is -0.128. The number of carbonyl (C=O) groups is 1. The molecule has 0 bridgehead atoms. The monoisotopic (exact) mass is 272 g/mol. The van der Waals surface area contributed by atoms with Crippen LogP contribution < -0.4 is 10.6 Å². The molecule has 2 fully saturated rings. The normalized spacial score (nSPS) is 25.9. The first-order chi connectivity index (χ1) is 8.84. The molecule has 0 saturated carbocycles. The van der Waals surface area contributed by atoms with E-state index in [1.807, 2.05) is 11.8 Å². The summed E-state index contributed by atoms with van der Waals surface area (Å²) in [5, 5.41) is 6.89. The van der Waals surface area contributed by atoms with Gasteiger partial charge in [0.25, 0.3) is 0 Å². The lowest BCUT2D eigenvalue weighted by atomic mass is 10.1. The molecule has 2 rings (SSSR count). The highest BCUT2D eigenvalue weighted by atomic mass is 32.2. The van der Waals surface area contributed by atoms with Gasteiger partial charge in [0, 0.05) is 11.8 Å². The van der Waals surface area contributed by atoms with E-state index in [1.165, 1.54) is 25.0 Å². The predicted octanol–water partition coefficient (Wildman–Crippen LogP) is 1.16. The molecule has 2 aliphatic rings. The van der Waals surface area contributed by atoms with Crippen molar-refractivity contribution in [3.8, 4) is 0 Å². The highest BCUT2D eigenvalue weighted by Gasteiger charge is 2.17. The summed E-state index contributed by atoms with van der Waals surface area (Å²) in [6.07, 6.45) is 6.17. The van der Waals surface area contributed by atoms with Crippen LogP contribution in [-0.2, 0) is 9.53 Å². The number of hydrogen-bond acceptors (Lipinski definition) is 4. The maximum absolute atomic E-state index is 11.7. The molecule has 0 spiro atoms. The lowest BCUT2D eigenvalue weighted by Crippen LogP contribution is -2.37. The van der Waals surface area contributed by atoms with Crippen LogP contribution in [0.4, 0.5) is 0 Å². The first kappa shape index (κ1) is 14.2. The molecule has 0 aromatic rings. The standard InChI is InChI=1S/C13H24N2O2S/c16-13(10-17-11-4-6-14-7-5-11)15-9-12-3-1-2-8-18-12/h11-12,14H,1-10H2,(H,15,16). The Balaban J connectivity index is 1.54. The molecule has 104 valence electrons. The molecule has 4 nitrogen and oxygen atoms in total. The highest BCUT2D eigenvalue weighted by Crippen LogP contribution is 2.24. The van der Waals surface area contributed by atoms with Crippen LogP contribution in [0.3, 0.4) is 0 Å². The highest BCUT2D eigenvalue weighted by molar-refractivity contribution is 7.99. The summed E-state index contributed by atoms with van der Waals surface area (Å²) in [4.78, 5) is 11.7. The number of carbonyl (C=O) groups excluding carboxylic acids is 1. The minimum Gasteiger partial charge on any atom is -0.368 e. The van der Waals surface area contributed by atoms with Crippen molar-refractivity contribution in [3.05, 3.63) is 0 Å². The van der Waals surface area contributed by atoms with Crippen LogP contribution in [-0.4, -0.2) is 49.3 Å². The maximum atomic E-state index is 11.7. The van der Waals surface area contributed by atoms with Crippen molar-refractivity contribution >= 4 is 17.7 Å². The minimum absolute atomic E-state index is 0.0414. The smallest absolute Gasteiger partial charge is 0.246 e. The van der Waals surface area contributed by atoms with Crippen molar-refractivity contribution in [2.75, 3.05) is 32.0 Å². The van der Waals surface area contributed by atoms with E-state index in [9.17, 15) is 4.79 Å². The zero-order valence-electron chi connectivity index (χ0n) is 11.0. The van der Waals surface area contributed by atoms with Crippen LogP contribution in [0.5, 0.6) is 0 Å². The fourth-order valence-corrected chi connectivity index (χ4v) is 3.64. The molecule has 2 saturated heterocycles. The van der Waals surface area contributed by atoms with Gasteiger partial charge in [-0.25, -0.2) is 0 Å². The van der Waals surface area contributed by atoms with Gasteiger partial charge in [-0.15, -0.1) is 0 Å². The second-order valence-corrected chi connectivity index (χ2v) is 6.46. The third-order valence-electron chi connectivity index (χ3n) is 3.54. The number of rotatable bonds is 5. The number of ether oxygens (including phenoxy) is 1. The minimum atomic E-state index is 0.0414.